The van der Waals surface area contributed by atoms with E-state index in [0.29, 0.717) is 28.4 Å². The number of methoxy groups -OCH3 is 1. The van der Waals surface area contributed by atoms with Gasteiger partial charge in [-0.15, -0.1) is 0 Å². The molecule has 1 aliphatic rings. The first-order valence-corrected chi connectivity index (χ1v) is 16.0. The summed E-state index contributed by atoms with van der Waals surface area (Å²) < 4.78 is 34.4. The minimum Gasteiger partial charge on any atom is -0.497 e. The van der Waals surface area contributed by atoms with Crippen LogP contribution in [0.3, 0.4) is 0 Å². The molecule has 0 heterocycles. The highest BCUT2D eigenvalue weighted by molar-refractivity contribution is 7.92. The molecule has 1 N–H and O–H groups in total. The van der Waals surface area contributed by atoms with Gasteiger partial charge in [-0.2, -0.15) is 0 Å². The van der Waals surface area contributed by atoms with E-state index in [-0.39, 0.29) is 23.4 Å². The minimum atomic E-state index is -4.15. The lowest BCUT2D eigenvalue weighted by molar-refractivity contribution is -0.140. The fourth-order valence-corrected chi connectivity index (χ4v) is 7.07. The predicted molar refractivity (Wildman–Crippen MR) is 165 cm³/mol. The number of nitrogens with one attached hydrogen (secondary N) is 1. The molecule has 0 aliphatic heterocycles. The van der Waals surface area contributed by atoms with Gasteiger partial charge in [0.25, 0.3) is 10.0 Å². The highest BCUT2D eigenvalue weighted by Gasteiger charge is 2.35. The van der Waals surface area contributed by atoms with Crippen molar-refractivity contribution in [2.75, 3.05) is 18.0 Å². The minimum absolute atomic E-state index is 0.0554. The van der Waals surface area contributed by atoms with E-state index in [9.17, 15) is 18.0 Å². The van der Waals surface area contributed by atoms with E-state index in [0.717, 1.165) is 35.6 Å². The van der Waals surface area contributed by atoms with Crippen molar-refractivity contribution in [2.45, 2.75) is 69.5 Å². The van der Waals surface area contributed by atoms with Gasteiger partial charge in [-0.25, -0.2) is 8.42 Å². The van der Waals surface area contributed by atoms with Crippen LogP contribution in [0.2, 0.25) is 5.02 Å². The van der Waals surface area contributed by atoms with Crippen LogP contribution in [0.25, 0.3) is 0 Å². The van der Waals surface area contributed by atoms with Crippen LogP contribution in [0.1, 0.15) is 50.2 Å². The maximum atomic E-state index is 14.2. The molecule has 3 aromatic carbocycles. The molecule has 4 rings (SSSR count). The number of ether oxygens (including phenoxy) is 1. The highest BCUT2D eigenvalue weighted by Crippen LogP contribution is 2.30. The van der Waals surface area contributed by atoms with Crippen LogP contribution in [-0.4, -0.2) is 50.9 Å². The first-order chi connectivity index (χ1) is 20.1. The molecule has 1 aliphatic carbocycles. The fourth-order valence-electron chi connectivity index (χ4n) is 5.35. The number of hydrogen-bond acceptors (Lipinski definition) is 5. The molecule has 3 aromatic rings. The molecule has 10 heteroatoms. The monoisotopic (exact) mass is 611 g/mol. The van der Waals surface area contributed by atoms with E-state index in [1.165, 1.54) is 17.0 Å². The molecule has 0 unspecified atom stereocenters. The fraction of sp³-hybridized carbons (Fsp3) is 0.375. The second kappa shape index (κ2) is 14.1. The van der Waals surface area contributed by atoms with Gasteiger partial charge in [0.05, 0.1) is 17.7 Å². The number of anilines is 1. The lowest BCUT2D eigenvalue weighted by Gasteiger charge is -2.34. The van der Waals surface area contributed by atoms with Crippen molar-refractivity contribution in [3.63, 3.8) is 0 Å². The molecule has 1 fully saturated rings. The van der Waals surface area contributed by atoms with Crippen LogP contribution in [0.5, 0.6) is 5.75 Å². The Morgan fingerprint density at radius 2 is 1.69 bits per heavy atom. The van der Waals surface area contributed by atoms with Gasteiger partial charge in [0.1, 0.15) is 18.3 Å². The Morgan fingerprint density at radius 3 is 2.29 bits per heavy atom. The number of carbonyl (C=O) groups is 2. The summed E-state index contributed by atoms with van der Waals surface area (Å²) in [7, 11) is -2.57. The van der Waals surface area contributed by atoms with Gasteiger partial charge >= 0.3 is 0 Å². The molecule has 0 spiro atoms. The van der Waals surface area contributed by atoms with Crippen molar-refractivity contribution in [1.29, 1.82) is 0 Å². The summed E-state index contributed by atoms with van der Waals surface area (Å²) in [6.07, 6.45) is 4.30. The second-order valence-corrected chi connectivity index (χ2v) is 12.8. The van der Waals surface area contributed by atoms with Gasteiger partial charge in [-0.05, 0) is 79.8 Å². The highest BCUT2D eigenvalue weighted by atomic mass is 35.5. The van der Waals surface area contributed by atoms with Crippen LogP contribution < -0.4 is 14.4 Å². The lowest BCUT2D eigenvalue weighted by Crippen LogP contribution is -2.53. The first kappa shape index (κ1) is 31.4. The Labute approximate surface area is 253 Å². The average Bonchev–Trinajstić information content (AvgIpc) is 3.50. The molecule has 224 valence electrons. The molecule has 8 nitrogen and oxygen atoms in total. The number of aryl methyl sites for hydroxylation is 1. The molecule has 1 atom stereocenters. The zero-order valence-electron chi connectivity index (χ0n) is 24.3. The second-order valence-electron chi connectivity index (χ2n) is 10.5. The van der Waals surface area contributed by atoms with Crippen LogP contribution in [0.15, 0.2) is 77.7 Å². The number of carbonyl (C=O) groups excluding carboxylic acids is 2. The smallest absolute Gasteiger partial charge is 0.264 e. The first-order valence-electron chi connectivity index (χ1n) is 14.2. The summed E-state index contributed by atoms with van der Waals surface area (Å²) in [5.41, 5.74) is 1.73. The lowest BCUT2D eigenvalue weighted by atomic mass is 10.1. The van der Waals surface area contributed by atoms with Gasteiger partial charge in [-0.1, -0.05) is 61.7 Å². The standard InChI is InChI=1S/C32H38ClN3O5S/c1-4-29(32(38)34-26-10-8-9-11-26)35(21-24-14-17-27(41-3)18-15-24)31(37)22-36(30-19-16-25(33)20-23(30)2)42(39,40)28-12-6-5-7-13-28/h5-7,12-20,26,29H,4,8-11,21-22H2,1-3H3,(H,34,38)/t29-/m0/s1. The Morgan fingerprint density at radius 1 is 1.02 bits per heavy atom. The molecular formula is C32H38ClN3O5S. The third kappa shape index (κ3) is 7.44. The van der Waals surface area contributed by atoms with Crippen molar-refractivity contribution in [3.05, 3.63) is 88.9 Å². The Hall–Kier alpha value is -3.56. The molecule has 2 amide bonds. The molecule has 0 saturated heterocycles. The summed E-state index contributed by atoms with van der Waals surface area (Å²) in [5.74, 6) is -0.0551. The molecule has 0 radical (unpaired) electrons. The predicted octanol–water partition coefficient (Wildman–Crippen LogP) is 5.72. The largest absolute Gasteiger partial charge is 0.497 e. The van der Waals surface area contributed by atoms with Crippen molar-refractivity contribution < 1.29 is 22.7 Å². The van der Waals surface area contributed by atoms with Crippen LogP contribution in [0.4, 0.5) is 5.69 Å². The van der Waals surface area contributed by atoms with Gasteiger partial charge < -0.3 is 15.0 Å². The molecule has 42 heavy (non-hydrogen) atoms. The van der Waals surface area contributed by atoms with E-state index in [2.05, 4.69) is 5.32 Å². The Balaban J connectivity index is 1.72. The third-order valence-electron chi connectivity index (χ3n) is 7.64. The average molecular weight is 612 g/mol. The number of sulfonamides is 1. The van der Waals surface area contributed by atoms with Gasteiger partial charge in [-0.3, -0.25) is 13.9 Å². The maximum absolute atomic E-state index is 14.2. The van der Waals surface area contributed by atoms with E-state index < -0.39 is 28.5 Å². The number of rotatable bonds is 12. The van der Waals surface area contributed by atoms with E-state index in [4.69, 9.17) is 16.3 Å². The zero-order valence-corrected chi connectivity index (χ0v) is 25.8. The van der Waals surface area contributed by atoms with Gasteiger partial charge in [0.15, 0.2) is 0 Å². The number of amides is 2. The van der Waals surface area contributed by atoms with Crippen molar-refractivity contribution in [2.24, 2.45) is 0 Å². The summed E-state index contributed by atoms with van der Waals surface area (Å²) >= 11 is 6.19. The summed E-state index contributed by atoms with van der Waals surface area (Å²) in [4.78, 5) is 29.3. The van der Waals surface area contributed by atoms with E-state index in [1.807, 2.05) is 19.1 Å². The SMILES string of the molecule is CC[C@@H](C(=O)NC1CCCC1)N(Cc1ccc(OC)cc1)C(=O)CN(c1ccc(Cl)cc1C)S(=O)(=O)c1ccccc1. The van der Waals surface area contributed by atoms with Crippen LogP contribution >= 0.6 is 11.6 Å². The molecule has 0 aromatic heterocycles. The zero-order chi connectivity index (χ0) is 30.3. The van der Waals surface area contributed by atoms with E-state index in [1.54, 1.807) is 62.6 Å². The topological polar surface area (TPSA) is 96.0 Å². The van der Waals surface area contributed by atoms with Crippen LogP contribution in [0, 0.1) is 6.92 Å². The summed E-state index contributed by atoms with van der Waals surface area (Å²) in [5, 5.41) is 3.58. The maximum Gasteiger partial charge on any atom is 0.264 e. The third-order valence-corrected chi connectivity index (χ3v) is 9.65. The quantitative estimate of drug-likeness (QED) is 0.283. The van der Waals surface area contributed by atoms with Crippen molar-refractivity contribution >= 4 is 39.1 Å². The Kier molecular flexibility index (Phi) is 10.5. The van der Waals surface area contributed by atoms with Crippen LogP contribution in [-0.2, 0) is 26.2 Å². The van der Waals surface area contributed by atoms with Crippen molar-refractivity contribution in [3.8, 4) is 5.75 Å². The molecule has 0 bridgehead atoms. The number of nitrogens with zero attached hydrogens (tertiary/aromatic N) is 2. The normalized spacial score (nSPS) is 14.3. The summed E-state index contributed by atoms with van der Waals surface area (Å²) in [6.45, 7) is 3.23. The van der Waals surface area contributed by atoms with Gasteiger partial charge in [0, 0.05) is 17.6 Å². The number of benzene rings is 3. The Bertz CT molecular complexity index is 1480. The van der Waals surface area contributed by atoms with E-state index >= 15 is 0 Å². The van der Waals surface area contributed by atoms with Crippen molar-refractivity contribution in [1.82, 2.24) is 10.2 Å². The molecular weight excluding hydrogens is 574 g/mol. The van der Waals surface area contributed by atoms with Gasteiger partial charge in [0.2, 0.25) is 11.8 Å². The number of halogens is 1. The molecule has 1 saturated carbocycles. The number of hydrogen-bond donors (Lipinski definition) is 1. The summed E-state index contributed by atoms with van der Waals surface area (Å²) in [6, 6.07) is 19.4.